The molecular formula is C73H89N7O23S. The highest BCUT2D eigenvalue weighted by Gasteiger charge is 2.34. The number of amides is 6. The Labute approximate surface area is 605 Å². The van der Waals surface area contributed by atoms with E-state index >= 15 is 0 Å². The summed E-state index contributed by atoms with van der Waals surface area (Å²) < 4.78 is 15.0. The van der Waals surface area contributed by atoms with Gasteiger partial charge in [0.1, 0.15) is 31.3 Å². The Morgan fingerprint density at radius 3 is 1.37 bits per heavy atom. The van der Waals surface area contributed by atoms with E-state index in [-0.39, 0.29) is 87.0 Å². The first-order valence-corrected chi connectivity index (χ1v) is 33.8. The summed E-state index contributed by atoms with van der Waals surface area (Å²) in [5.41, 5.74) is 16.4. The highest BCUT2D eigenvalue weighted by Crippen LogP contribution is 2.46. The average Bonchev–Trinajstić information content (AvgIpc) is 1.63. The van der Waals surface area contributed by atoms with Crippen LogP contribution in [0.25, 0.3) is 22.3 Å². The van der Waals surface area contributed by atoms with Gasteiger partial charge in [-0.3, -0.25) is 43.2 Å². The predicted octanol–water partition coefficient (Wildman–Crippen LogP) is 6.14. The lowest BCUT2D eigenvalue weighted by atomic mass is 9.93. The third-order valence-corrected chi connectivity index (χ3v) is 16.3. The number of thiol groups is 1. The third kappa shape index (κ3) is 30.5. The molecule has 2 aliphatic carbocycles. The van der Waals surface area contributed by atoms with Crippen LogP contribution >= 0.6 is 12.6 Å². The number of urea groups is 2. The van der Waals surface area contributed by atoms with Crippen molar-refractivity contribution < 1.29 is 112 Å². The zero-order chi connectivity index (χ0) is 77.3. The van der Waals surface area contributed by atoms with Crippen molar-refractivity contribution in [2.75, 3.05) is 39.2 Å². The maximum atomic E-state index is 13.0. The zero-order valence-corrected chi connectivity index (χ0v) is 58.8. The summed E-state index contributed by atoms with van der Waals surface area (Å²) in [6.45, 7) is 6.69. The number of hydrogen-bond acceptors (Lipinski definition) is 20. The molecule has 0 aliphatic heterocycles. The van der Waals surface area contributed by atoms with Crippen molar-refractivity contribution in [1.29, 1.82) is 0 Å². The van der Waals surface area contributed by atoms with Crippen LogP contribution in [0.5, 0.6) is 0 Å². The van der Waals surface area contributed by atoms with Crippen molar-refractivity contribution in [2.24, 2.45) is 11.7 Å². The Bertz CT molecular complexity index is 3570. The third-order valence-electron chi connectivity index (χ3n) is 15.9. The number of methoxy groups -OCH3 is 1. The van der Waals surface area contributed by atoms with Crippen LogP contribution in [0, 0.1) is 5.92 Å². The molecule has 104 heavy (non-hydrogen) atoms. The summed E-state index contributed by atoms with van der Waals surface area (Å²) in [6.07, 6.45) is -0.222. The number of rotatable bonds is 35. The molecule has 0 aromatic heterocycles. The molecule has 560 valence electrons. The van der Waals surface area contributed by atoms with Crippen molar-refractivity contribution in [1.82, 2.24) is 31.9 Å². The van der Waals surface area contributed by atoms with Crippen LogP contribution in [-0.4, -0.2) is 172 Å². The lowest BCUT2D eigenvalue weighted by Gasteiger charge is -2.21. The Kier molecular flexibility index (Phi) is 39.3. The Morgan fingerprint density at radius 2 is 0.962 bits per heavy atom. The minimum Gasteiger partial charge on any atom is -0.481 e. The first kappa shape index (κ1) is 86.9. The summed E-state index contributed by atoms with van der Waals surface area (Å²) >= 11 is 3.81. The van der Waals surface area contributed by atoms with Crippen LogP contribution in [0.1, 0.15) is 137 Å². The van der Waals surface area contributed by atoms with E-state index in [1.165, 1.54) is 51.6 Å². The Morgan fingerprint density at radius 1 is 0.519 bits per heavy atom. The molecule has 0 saturated heterocycles. The molecule has 31 heteroatoms. The number of aliphatic carboxylic acids is 5. The number of carboxylic acids is 5. The molecule has 0 fully saturated rings. The number of hydrogen-bond donors (Lipinski definition) is 13. The lowest BCUT2D eigenvalue weighted by molar-refractivity contribution is -0.192. The number of ketones is 1. The number of nitrogens with one attached hydrogen (secondary N) is 6. The molecule has 0 bridgehead atoms. The average molecular weight is 1460 g/mol. The Balaban J connectivity index is 0.000000453. The number of nitrogens with two attached hydrogens (primary N) is 1. The van der Waals surface area contributed by atoms with E-state index < -0.39 is 109 Å². The van der Waals surface area contributed by atoms with Gasteiger partial charge in [-0.25, -0.2) is 19.2 Å². The summed E-state index contributed by atoms with van der Waals surface area (Å²) in [5, 5.41) is 59.9. The first-order chi connectivity index (χ1) is 49.7. The van der Waals surface area contributed by atoms with Crippen LogP contribution in [0.2, 0.25) is 0 Å². The number of Topliss-reactive ketones (excluding diaryl/α,β-unsaturated/α-hetero) is 1. The molecule has 5 aromatic carbocycles. The maximum Gasteiger partial charge on any atom is 0.373 e. The Hall–Kier alpha value is -11.3. The molecule has 13 N–H and O–H groups in total. The molecule has 0 heterocycles. The second kappa shape index (κ2) is 47.0. The summed E-state index contributed by atoms with van der Waals surface area (Å²) in [7, 11) is 1.33. The van der Waals surface area contributed by atoms with E-state index in [2.05, 4.69) is 122 Å². The van der Waals surface area contributed by atoms with E-state index in [9.17, 15) is 77.6 Å². The van der Waals surface area contributed by atoms with Crippen molar-refractivity contribution in [3.05, 3.63) is 155 Å². The SMILES string of the molecule is CCC(=O)OCC1c2ccccc2-c2ccccc21.CCC(=O)OCC1c2ccccc2-c2ccccc21.CCC(N)C(=O)OC.O=C(O)CCCNC(=O)N[C@@H](CCCCNC(=O)NCc1ccc(CC(=O)N[C@@H](CC(=O)O)C(=O)C[C@@H](CC(=O)O)C(=O)N[C@@H](CS)C(=O)O)cc1)C(=O)O.O=C=O. The fraction of sp³-hybridized carbons (Fsp3) is 0.397. The minimum absolute atomic E-state index is 0.0642. The van der Waals surface area contributed by atoms with Crippen molar-refractivity contribution >= 4 is 96.2 Å². The van der Waals surface area contributed by atoms with Gasteiger partial charge in [0.2, 0.25) is 11.8 Å². The summed E-state index contributed by atoms with van der Waals surface area (Å²) in [4.78, 5) is 168. The van der Waals surface area contributed by atoms with E-state index in [0.29, 0.717) is 56.4 Å². The highest BCUT2D eigenvalue weighted by atomic mass is 32.1. The molecule has 0 spiro atoms. The van der Waals surface area contributed by atoms with E-state index in [4.69, 9.17) is 35.0 Å². The van der Waals surface area contributed by atoms with Gasteiger partial charge in [0, 0.05) is 62.9 Å². The number of unbranched alkanes of at least 4 members (excludes halogenated alkanes) is 1. The topological polar surface area (TPSA) is 483 Å². The van der Waals surface area contributed by atoms with Gasteiger partial charge in [0.25, 0.3) is 0 Å². The number of esters is 3. The molecular weight excluding hydrogens is 1370 g/mol. The van der Waals surface area contributed by atoms with Crippen LogP contribution in [0.15, 0.2) is 121 Å². The molecule has 0 radical (unpaired) electrons. The number of carboxylic acid groups (broad SMARTS) is 5. The fourth-order valence-corrected chi connectivity index (χ4v) is 10.8. The molecule has 5 atom stereocenters. The lowest BCUT2D eigenvalue weighted by Crippen LogP contribution is -2.47. The van der Waals surface area contributed by atoms with E-state index in [0.717, 1.165) is 0 Å². The number of carbonyl (C=O) groups excluding carboxylic acids is 10. The van der Waals surface area contributed by atoms with Gasteiger partial charge in [0.15, 0.2) is 5.78 Å². The largest absolute Gasteiger partial charge is 0.481 e. The predicted molar refractivity (Wildman–Crippen MR) is 377 cm³/mol. The van der Waals surface area contributed by atoms with Gasteiger partial charge in [-0.1, -0.05) is 142 Å². The van der Waals surface area contributed by atoms with Crippen LogP contribution < -0.4 is 37.6 Å². The maximum absolute atomic E-state index is 13.0. The first-order valence-electron chi connectivity index (χ1n) is 33.2. The minimum atomic E-state index is -1.62. The van der Waals surface area contributed by atoms with Gasteiger partial charge in [-0.15, -0.1) is 0 Å². The standard InChI is InChI=1S/C33H46N6O15S.2C17H16O2.C5H11NO2.CO2/c40-24(13-20(14-27(44)45)29(48)38-23(17-55)31(51)52)22(15-28(46)47)37-25(41)12-18-6-8-19(9-7-18)16-36-32(53)34-10-2-1-4-21(30(49)50)39-33(54)35-11-3-5-26(42)43;2*1-2-17(18)19-11-16-14-9-5-3-7-12(14)13-8-4-6-10-15(13)16;1-3-4(6)5(7)8-2;2-1-3/h6-9,20-23,55H,1-5,10-17H2,(H,37,41)(H,38,48)(H,42,43)(H,44,45)(H,46,47)(H,49,50)(H,51,52)(H2,34,36,53)(H2,35,39,54);2*3-10,16H,2,11H2,1H3;4H,3,6H2,1-2H3;/t20-,21-,22-,23-;;;;/m0..../s1. The second-order valence-electron chi connectivity index (χ2n) is 23.3. The van der Waals surface area contributed by atoms with Crippen LogP contribution in [0.3, 0.4) is 0 Å². The molecule has 7 rings (SSSR count). The van der Waals surface area contributed by atoms with Crippen molar-refractivity contribution in [3.8, 4) is 22.3 Å². The summed E-state index contributed by atoms with van der Waals surface area (Å²) in [5.74, 6) is -11.6. The van der Waals surface area contributed by atoms with Gasteiger partial charge in [0.05, 0.1) is 38.3 Å². The smallest absolute Gasteiger partial charge is 0.373 e. The number of fused-ring (bicyclic) bond motifs is 6. The van der Waals surface area contributed by atoms with Gasteiger partial charge in [-0.05, 0) is 87.7 Å². The summed E-state index contributed by atoms with van der Waals surface area (Å²) in [6, 6.07) is 33.8. The van der Waals surface area contributed by atoms with Crippen molar-refractivity contribution in [2.45, 2.75) is 140 Å². The normalized spacial score (nSPS) is 12.5. The molecule has 6 amide bonds. The van der Waals surface area contributed by atoms with Crippen molar-refractivity contribution in [3.63, 3.8) is 0 Å². The zero-order valence-electron chi connectivity index (χ0n) is 57.9. The highest BCUT2D eigenvalue weighted by molar-refractivity contribution is 7.80. The fourth-order valence-electron chi connectivity index (χ4n) is 10.5. The van der Waals surface area contributed by atoms with Crippen LogP contribution in [-0.2, 0) is 89.5 Å². The van der Waals surface area contributed by atoms with Gasteiger partial charge in [-0.2, -0.15) is 22.2 Å². The number of benzene rings is 5. The molecule has 2 aliphatic rings. The second-order valence-corrected chi connectivity index (χ2v) is 23.7. The van der Waals surface area contributed by atoms with Gasteiger partial charge < -0.3 is 77.4 Å². The quantitative estimate of drug-likeness (QED) is 0.00937. The molecule has 5 aromatic rings. The van der Waals surface area contributed by atoms with Crippen LogP contribution in [0.4, 0.5) is 9.59 Å². The number of ether oxygens (including phenoxy) is 3. The molecule has 30 nitrogen and oxygen atoms in total. The van der Waals surface area contributed by atoms with E-state index in [1.54, 1.807) is 24.3 Å². The van der Waals surface area contributed by atoms with Gasteiger partial charge >= 0.3 is 66.0 Å². The molecule has 1 unspecified atom stereocenters. The van der Waals surface area contributed by atoms with E-state index in [1.807, 2.05) is 45.0 Å². The monoisotopic (exact) mass is 1460 g/mol. The molecule has 0 saturated carbocycles. The number of carbonyl (C=O) groups is 13.